The number of carboxylic acid groups (broad SMARTS) is 1. The Morgan fingerprint density at radius 3 is 2.95 bits per heavy atom. The smallest absolute Gasteiger partial charge is 0.328 e. The van der Waals surface area contributed by atoms with E-state index in [0.29, 0.717) is 22.6 Å². The first kappa shape index (κ1) is 13.5. The van der Waals surface area contributed by atoms with Gasteiger partial charge in [-0.05, 0) is 35.2 Å². The molecule has 0 aliphatic heterocycles. The Bertz CT molecular complexity index is 804. The molecule has 1 aromatic carbocycles. The lowest BCUT2D eigenvalue weighted by molar-refractivity contribution is -0.131. The molecule has 0 radical (unpaired) electrons. The first-order chi connectivity index (χ1) is 10.1. The molecule has 1 unspecified atom stereocenters. The third kappa shape index (κ3) is 2.86. The summed E-state index contributed by atoms with van der Waals surface area (Å²) in [6, 6.07) is 8.93. The van der Waals surface area contributed by atoms with Crippen LogP contribution in [0.15, 0.2) is 52.3 Å². The zero-order valence-corrected chi connectivity index (χ0v) is 11.6. The van der Waals surface area contributed by atoms with Gasteiger partial charge in [0.25, 0.3) is 0 Å². The number of hydrogen-bond acceptors (Lipinski definition) is 5. The predicted molar refractivity (Wildman–Crippen MR) is 79.1 cm³/mol. The lowest BCUT2D eigenvalue weighted by Crippen LogP contribution is -1.95. The average Bonchev–Trinajstić information content (AvgIpc) is 3.11. The zero-order valence-electron chi connectivity index (χ0n) is 10.8. The molecule has 0 saturated heterocycles. The molecule has 0 aliphatic rings. The van der Waals surface area contributed by atoms with Crippen molar-refractivity contribution < 1.29 is 19.4 Å². The quantitative estimate of drug-likeness (QED) is 0.723. The Balaban J connectivity index is 1.95. The molecule has 5 nitrogen and oxygen atoms in total. The van der Waals surface area contributed by atoms with Crippen LogP contribution in [-0.4, -0.2) is 21.2 Å². The van der Waals surface area contributed by atoms with Crippen molar-refractivity contribution in [3.05, 3.63) is 53.4 Å². The van der Waals surface area contributed by atoms with Gasteiger partial charge in [0.1, 0.15) is 5.52 Å². The second-order valence-corrected chi connectivity index (χ2v) is 5.31. The van der Waals surface area contributed by atoms with Gasteiger partial charge < -0.3 is 14.6 Å². The highest BCUT2D eigenvalue weighted by molar-refractivity contribution is 7.13. The van der Waals surface area contributed by atoms with Gasteiger partial charge in [-0.3, -0.25) is 0 Å². The number of oxazole rings is 1. The highest BCUT2D eigenvalue weighted by Gasteiger charge is 2.11. The normalized spacial score (nSPS) is 13.0. The average molecular weight is 301 g/mol. The lowest BCUT2D eigenvalue weighted by Gasteiger charge is -2.04. The number of aliphatic hydroxyl groups is 1. The number of carboxylic acids is 1. The summed E-state index contributed by atoms with van der Waals surface area (Å²) in [6.07, 6.45) is 1.12. The minimum absolute atomic E-state index is 0.535. The first-order valence-corrected chi connectivity index (χ1v) is 7.05. The van der Waals surface area contributed by atoms with Crippen molar-refractivity contribution in [1.29, 1.82) is 0 Å². The van der Waals surface area contributed by atoms with E-state index >= 15 is 0 Å². The van der Waals surface area contributed by atoms with Gasteiger partial charge in [0.15, 0.2) is 5.58 Å². The number of hydrogen-bond donors (Lipinski definition) is 2. The molecule has 6 heteroatoms. The Morgan fingerprint density at radius 1 is 1.38 bits per heavy atom. The molecule has 21 heavy (non-hydrogen) atoms. The molecular formula is C15H11NO4S. The number of thiophene rings is 1. The van der Waals surface area contributed by atoms with Crippen LogP contribution in [0.25, 0.3) is 21.9 Å². The molecule has 0 bridgehead atoms. The molecule has 2 heterocycles. The van der Waals surface area contributed by atoms with Gasteiger partial charge in [-0.25, -0.2) is 9.78 Å². The fraction of sp³-hybridized carbons (Fsp3) is 0.0667. The van der Waals surface area contributed by atoms with Crippen LogP contribution in [0.1, 0.15) is 11.7 Å². The summed E-state index contributed by atoms with van der Waals surface area (Å²) in [4.78, 5) is 15.8. The summed E-state index contributed by atoms with van der Waals surface area (Å²) in [5, 5.41) is 20.4. The molecule has 0 spiro atoms. The third-order valence-corrected chi connectivity index (χ3v) is 3.76. The van der Waals surface area contributed by atoms with Gasteiger partial charge in [-0.1, -0.05) is 12.1 Å². The molecule has 106 valence electrons. The second-order valence-electron chi connectivity index (χ2n) is 4.37. The largest absolute Gasteiger partial charge is 0.478 e. The van der Waals surface area contributed by atoms with Crippen molar-refractivity contribution in [2.75, 3.05) is 0 Å². The number of aromatic nitrogens is 1. The summed E-state index contributed by atoms with van der Waals surface area (Å²) >= 11 is 1.53. The number of nitrogens with zero attached hydrogens (tertiary/aromatic N) is 1. The molecule has 3 aromatic rings. The van der Waals surface area contributed by atoms with E-state index in [1.165, 1.54) is 17.4 Å². The van der Waals surface area contributed by atoms with Gasteiger partial charge in [-0.15, -0.1) is 11.3 Å². The van der Waals surface area contributed by atoms with Crippen LogP contribution in [0.3, 0.4) is 0 Å². The molecule has 2 aromatic heterocycles. The fourth-order valence-corrected chi connectivity index (χ4v) is 2.56. The SMILES string of the molecule is O=C(O)/C=C/C(O)c1ccc2nc(-c3cccs3)oc2c1. The van der Waals surface area contributed by atoms with E-state index in [2.05, 4.69) is 4.98 Å². The van der Waals surface area contributed by atoms with Crippen molar-refractivity contribution in [1.82, 2.24) is 4.98 Å². The lowest BCUT2D eigenvalue weighted by atomic mass is 10.1. The van der Waals surface area contributed by atoms with Crippen LogP contribution < -0.4 is 0 Å². The van der Waals surface area contributed by atoms with E-state index in [1.54, 1.807) is 18.2 Å². The van der Waals surface area contributed by atoms with Crippen molar-refractivity contribution in [2.45, 2.75) is 6.10 Å². The summed E-state index contributed by atoms with van der Waals surface area (Å²) in [5.41, 5.74) is 1.80. The van der Waals surface area contributed by atoms with E-state index in [-0.39, 0.29) is 0 Å². The number of aliphatic hydroxyl groups excluding tert-OH is 1. The monoisotopic (exact) mass is 301 g/mol. The standard InChI is InChI=1S/C15H11NO4S/c17-11(5-6-14(18)19)9-3-4-10-12(8-9)20-15(16-10)13-2-1-7-21-13/h1-8,11,17H,(H,18,19)/b6-5+. The van der Waals surface area contributed by atoms with E-state index in [1.807, 2.05) is 17.5 Å². The van der Waals surface area contributed by atoms with Crippen molar-refractivity contribution >= 4 is 28.4 Å². The topological polar surface area (TPSA) is 83.6 Å². The maximum Gasteiger partial charge on any atom is 0.328 e. The van der Waals surface area contributed by atoms with Crippen molar-refractivity contribution in [3.8, 4) is 10.8 Å². The number of benzene rings is 1. The van der Waals surface area contributed by atoms with Gasteiger partial charge in [0.2, 0.25) is 5.89 Å². The molecular weight excluding hydrogens is 290 g/mol. The van der Waals surface area contributed by atoms with Crippen LogP contribution in [0.2, 0.25) is 0 Å². The summed E-state index contributed by atoms with van der Waals surface area (Å²) in [6.45, 7) is 0. The van der Waals surface area contributed by atoms with Crippen LogP contribution in [0, 0.1) is 0 Å². The molecule has 0 fully saturated rings. The van der Waals surface area contributed by atoms with Crippen LogP contribution >= 0.6 is 11.3 Å². The first-order valence-electron chi connectivity index (χ1n) is 6.17. The Labute approximate surface area is 123 Å². The van der Waals surface area contributed by atoms with E-state index < -0.39 is 12.1 Å². The minimum Gasteiger partial charge on any atom is -0.478 e. The third-order valence-electron chi connectivity index (χ3n) is 2.91. The maximum atomic E-state index is 10.5. The van der Waals surface area contributed by atoms with Crippen LogP contribution in [0.5, 0.6) is 0 Å². The number of fused-ring (bicyclic) bond motifs is 1. The Hall–Kier alpha value is -2.44. The summed E-state index contributed by atoms with van der Waals surface area (Å²) in [5.74, 6) is -0.567. The van der Waals surface area contributed by atoms with Gasteiger partial charge in [-0.2, -0.15) is 0 Å². The van der Waals surface area contributed by atoms with Crippen LogP contribution in [-0.2, 0) is 4.79 Å². The van der Waals surface area contributed by atoms with Crippen molar-refractivity contribution in [3.63, 3.8) is 0 Å². The van der Waals surface area contributed by atoms with Gasteiger partial charge in [0.05, 0.1) is 11.0 Å². The number of rotatable bonds is 4. The zero-order chi connectivity index (χ0) is 14.8. The molecule has 0 amide bonds. The fourth-order valence-electron chi connectivity index (χ4n) is 1.92. The number of carbonyl (C=O) groups is 1. The molecule has 0 aliphatic carbocycles. The van der Waals surface area contributed by atoms with Crippen molar-refractivity contribution in [2.24, 2.45) is 0 Å². The van der Waals surface area contributed by atoms with E-state index in [4.69, 9.17) is 9.52 Å². The Morgan fingerprint density at radius 2 is 2.24 bits per heavy atom. The maximum absolute atomic E-state index is 10.5. The Kier molecular flexibility index (Phi) is 3.55. The summed E-state index contributed by atoms with van der Waals surface area (Å²) in [7, 11) is 0. The highest BCUT2D eigenvalue weighted by Crippen LogP contribution is 2.29. The van der Waals surface area contributed by atoms with E-state index in [0.717, 1.165) is 11.0 Å². The number of aliphatic carboxylic acids is 1. The van der Waals surface area contributed by atoms with E-state index in [9.17, 15) is 9.90 Å². The molecule has 3 rings (SSSR count). The highest BCUT2D eigenvalue weighted by atomic mass is 32.1. The van der Waals surface area contributed by atoms with Crippen LogP contribution in [0.4, 0.5) is 0 Å². The summed E-state index contributed by atoms with van der Waals surface area (Å²) < 4.78 is 5.68. The molecule has 1 atom stereocenters. The van der Waals surface area contributed by atoms with Gasteiger partial charge >= 0.3 is 5.97 Å². The predicted octanol–water partition coefficient (Wildman–Crippen LogP) is 3.23. The molecule has 2 N–H and O–H groups in total. The minimum atomic E-state index is -1.10. The van der Waals surface area contributed by atoms with Gasteiger partial charge in [0, 0.05) is 6.08 Å². The second kappa shape index (κ2) is 5.51. The molecule has 0 saturated carbocycles.